The van der Waals surface area contributed by atoms with Crippen molar-refractivity contribution in [2.45, 2.75) is 38.0 Å². The first-order chi connectivity index (χ1) is 17.6. The number of ether oxygens (including phenoxy) is 1. The van der Waals surface area contributed by atoms with Crippen LogP contribution >= 0.6 is 12.2 Å². The molecule has 0 saturated carbocycles. The number of hydrogen-bond acceptors (Lipinski definition) is 5. The number of aromatic nitrogens is 3. The lowest BCUT2D eigenvalue weighted by atomic mass is 9.90. The number of nitrogens with one attached hydrogen (secondary N) is 3. The Bertz CT molecular complexity index is 1340. The van der Waals surface area contributed by atoms with Crippen molar-refractivity contribution in [2.75, 3.05) is 13.7 Å². The second-order valence-corrected chi connectivity index (χ2v) is 9.49. The van der Waals surface area contributed by atoms with Gasteiger partial charge >= 0.3 is 0 Å². The van der Waals surface area contributed by atoms with Crippen LogP contribution in [0.15, 0.2) is 72.8 Å². The maximum absolute atomic E-state index is 13.4. The number of likely N-dealkylation sites (tertiary alicyclic amines) is 1. The molecule has 6 nitrogen and oxygen atoms in total. The third-order valence-electron chi connectivity index (χ3n) is 6.79. The highest BCUT2D eigenvalue weighted by molar-refractivity contribution is 7.71. The van der Waals surface area contributed by atoms with E-state index in [1.54, 1.807) is 19.2 Å². The minimum absolute atomic E-state index is 0.185. The predicted molar refractivity (Wildman–Crippen MR) is 142 cm³/mol. The third kappa shape index (κ3) is 5.56. The zero-order valence-corrected chi connectivity index (χ0v) is 21.0. The fraction of sp³-hybridized carbons (Fsp3) is 0.286. The van der Waals surface area contributed by atoms with Gasteiger partial charge in [-0.15, -0.1) is 0 Å². The summed E-state index contributed by atoms with van der Waals surface area (Å²) < 4.78 is 19.6. The molecule has 8 heteroatoms. The van der Waals surface area contributed by atoms with Crippen LogP contribution in [-0.2, 0) is 13.1 Å². The van der Waals surface area contributed by atoms with E-state index in [2.05, 4.69) is 61.8 Å². The number of nitrogens with zero attached hydrogens (tertiary/aromatic N) is 2. The van der Waals surface area contributed by atoms with E-state index in [-0.39, 0.29) is 17.9 Å². The number of piperidine rings is 1. The fourth-order valence-electron chi connectivity index (χ4n) is 5.10. The molecule has 4 aromatic rings. The van der Waals surface area contributed by atoms with E-state index in [0.717, 1.165) is 47.7 Å². The van der Waals surface area contributed by atoms with Crippen LogP contribution in [0.2, 0.25) is 0 Å². The summed E-state index contributed by atoms with van der Waals surface area (Å²) in [7, 11) is 1.69. The molecule has 0 unspecified atom stereocenters. The van der Waals surface area contributed by atoms with Crippen LogP contribution in [0.3, 0.4) is 0 Å². The summed E-state index contributed by atoms with van der Waals surface area (Å²) in [4.78, 5) is 6.88. The molecule has 0 spiro atoms. The van der Waals surface area contributed by atoms with E-state index >= 15 is 0 Å². The predicted octanol–water partition coefficient (Wildman–Crippen LogP) is 5.78. The Morgan fingerprint density at radius 3 is 2.56 bits per heavy atom. The standard InChI is InChI=1S/C28H30FN5OS/c1-35-25-14-11-21(19-9-12-23(29)13-10-19)16-22(25)17-30-24-8-5-15-34(18-26-31-28(36)33-32-26)27(24)20-6-3-2-4-7-20/h2-4,6-7,9-14,16,24,27,30H,5,8,15,17-18H2,1H3,(H2,31,32,33,36)/t24-,27-/m0/s1. The van der Waals surface area contributed by atoms with Gasteiger partial charge in [-0.05, 0) is 72.6 Å². The van der Waals surface area contributed by atoms with Gasteiger partial charge in [0.15, 0.2) is 0 Å². The van der Waals surface area contributed by atoms with Gasteiger partial charge < -0.3 is 10.1 Å². The lowest BCUT2D eigenvalue weighted by Gasteiger charge is -2.42. The van der Waals surface area contributed by atoms with E-state index in [1.807, 2.05) is 12.1 Å². The highest BCUT2D eigenvalue weighted by Gasteiger charge is 2.33. The number of H-pyrrole nitrogens is 2. The lowest BCUT2D eigenvalue weighted by Crippen LogP contribution is -2.47. The van der Waals surface area contributed by atoms with Crippen molar-refractivity contribution in [1.82, 2.24) is 25.4 Å². The number of aromatic amines is 2. The Morgan fingerprint density at radius 2 is 1.83 bits per heavy atom. The van der Waals surface area contributed by atoms with Gasteiger partial charge in [-0.2, -0.15) is 0 Å². The third-order valence-corrected chi connectivity index (χ3v) is 6.99. The molecule has 2 atom stereocenters. The van der Waals surface area contributed by atoms with E-state index in [1.165, 1.54) is 17.7 Å². The lowest BCUT2D eigenvalue weighted by molar-refractivity contribution is 0.100. The minimum Gasteiger partial charge on any atom is -0.496 e. The summed E-state index contributed by atoms with van der Waals surface area (Å²) in [5.41, 5.74) is 4.35. The molecule has 0 radical (unpaired) electrons. The molecule has 3 N–H and O–H groups in total. The Morgan fingerprint density at radius 1 is 1.06 bits per heavy atom. The molecule has 2 heterocycles. The number of hydrogen-bond donors (Lipinski definition) is 3. The number of halogens is 1. The van der Waals surface area contributed by atoms with E-state index in [4.69, 9.17) is 17.0 Å². The normalized spacial score (nSPS) is 18.3. The van der Waals surface area contributed by atoms with Crippen molar-refractivity contribution in [3.05, 3.63) is 100 Å². The maximum Gasteiger partial charge on any atom is 0.213 e. The van der Waals surface area contributed by atoms with Gasteiger partial charge in [0.1, 0.15) is 17.4 Å². The number of benzene rings is 3. The van der Waals surface area contributed by atoms with Crippen LogP contribution in [0.5, 0.6) is 5.75 Å². The summed E-state index contributed by atoms with van der Waals surface area (Å²) in [6.07, 6.45) is 2.14. The molecule has 1 aliphatic rings. The molecule has 0 bridgehead atoms. The molecule has 1 aromatic heterocycles. The molecule has 0 amide bonds. The highest BCUT2D eigenvalue weighted by atomic mass is 32.1. The molecule has 5 rings (SSSR count). The second-order valence-electron chi connectivity index (χ2n) is 9.10. The molecule has 186 valence electrons. The van der Waals surface area contributed by atoms with Crippen molar-refractivity contribution in [1.29, 1.82) is 0 Å². The van der Waals surface area contributed by atoms with Gasteiger partial charge in [0, 0.05) is 18.2 Å². The molecule has 1 aliphatic heterocycles. The van der Waals surface area contributed by atoms with E-state index in [0.29, 0.717) is 17.9 Å². The van der Waals surface area contributed by atoms with Gasteiger partial charge in [-0.1, -0.05) is 48.5 Å². The van der Waals surface area contributed by atoms with E-state index in [9.17, 15) is 4.39 Å². The van der Waals surface area contributed by atoms with Gasteiger partial charge in [0.25, 0.3) is 0 Å². The molecule has 3 aromatic carbocycles. The molecule has 1 saturated heterocycles. The summed E-state index contributed by atoms with van der Waals surface area (Å²) in [6, 6.07) is 23.8. The van der Waals surface area contributed by atoms with Crippen molar-refractivity contribution in [3.63, 3.8) is 0 Å². The van der Waals surface area contributed by atoms with Crippen LogP contribution in [0.25, 0.3) is 11.1 Å². The minimum atomic E-state index is -0.237. The topological polar surface area (TPSA) is 69.0 Å². The molecule has 0 aliphatic carbocycles. The highest BCUT2D eigenvalue weighted by Crippen LogP contribution is 2.33. The van der Waals surface area contributed by atoms with Gasteiger partial charge in [0.05, 0.1) is 19.7 Å². The van der Waals surface area contributed by atoms with Crippen LogP contribution in [0, 0.1) is 10.6 Å². The Balaban J connectivity index is 1.39. The first-order valence-corrected chi connectivity index (χ1v) is 12.6. The summed E-state index contributed by atoms with van der Waals surface area (Å²) >= 11 is 5.16. The molecule has 36 heavy (non-hydrogen) atoms. The smallest absolute Gasteiger partial charge is 0.213 e. The summed E-state index contributed by atoms with van der Waals surface area (Å²) in [5.74, 6) is 1.44. The largest absolute Gasteiger partial charge is 0.496 e. The van der Waals surface area contributed by atoms with Crippen LogP contribution < -0.4 is 10.1 Å². The first kappa shape index (κ1) is 24.4. The van der Waals surface area contributed by atoms with Gasteiger partial charge in [-0.3, -0.25) is 15.1 Å². The summed E-state index contributed by atoms with van der Waals surface area (Å²) in [6.45, 7) is 2.33. The maximum atomic E-state index is 13.4. The number of rotatable bonds is 8. The fourth-order valence-corrected chi connectivity index (χ4v) is 5.26. The van der Waals surface area contributed by atoms with Gasteiger partial charge in [0.2, 0.25) is 4.77 Å². The second kappa shape index (κ2) is 11.2. The van der Waals surface area contributed by atoms with Crippen molar-refractivity contribution in [3.8, 4) is 16.9 Å². The van der Waals surface area contributed by atoms with Gasteiger partial charge in [-0.25, -0.2) is 9.37 Å². The summed E-state index contributed by atoms with van der Waals surface area (Å²) in [5, 5.41) is 9.83. The Labute approximate surface area is 215 Å². The Hall–Kier alpha value is -3.33. The average Bonchev–Trinajstić information content (AvgIpc) is 3.32. The zero-order valence-electron chi connectivity index (χ0n) is 20.2. The van der Waals surface area contributed by atoms with Crippen molar-refractivity contribution >= 4 is 12.2 Å². The van der Waals surface area contributed by atoms with Crippen LogP contribution in [-0.4, -0.2) is 39.8 Å². The quantitative estimate of drug-likeness (QED) is 0.266. The molecule has 1 fully saturated rings. The van der Waals surface area contributed by atoms with E-state index < -0.39 is 0 Å². The van der Waals surface area contributed by atoms with Crippen molar-refractivity contribution < 1.29 is 9.13 Å². The molecular formula is C28H30FN5OS. The monoisotopic (exact) mass is 503 g/mol. The van der Waals surface area contributed by atoms with Crippen LogP contribution in [0.1, 0.15) is 35.8 Å². The Kier molecular flexibility index (Phi) is 7.55. The van der Waals surface area contributed by atoms with Crippen molar-refractivity contribution in [2.24, 2.45) is 0 Å². The number of methoxy groups -OCH3 is 1. The zero-order chi connectivity index (χ0) is 24.9. The average molecular weight is 504 g/mol. The SMILES string of the molecule is COc1ccc(-c2ccc(F)cc2)cc1CN[C@H]1CCCN(Cc2nc(=S)[nH][nH]2)[C@H]1c1ccccc1. The molecular weight excluding hydrogens is 473 g/mol. The van der Waals surface area contributed by atoms with Crippen LogP contribution in [0.4, 0.5) is 4.39 Å². The first-order valence-electron chi connectivity index (χ1n) is 12.2.